The third kappa shape index (κ3) is 3.88. The van der Waals surface area contributed by atoms with E-state index in [-0.39, 0.29) is 24.4 Å². The number of aromatic nitrogens is 3. The number of aryl methyl sites for hydroxylation is 1. The molecule has 168 valence electrons. The van der Waals surface area contributed by atoms with Gasteiger partial charge >= 0.3 is 0 Å². The number of carbonyl (C=O) groups excluding carboxylic acids is 1. The van der Waals surface area contributed by atoms with Crippen molar-refractivity contribution < 1.29 is 23.8 Å². The molecule has 2 aromatic heterocycles. The Labute approximate surface area is 184 Å². The van der Waals surface area contributed by atoms with Gasteiger partial charge in [0.2, 0.25) is 18.4 Å². The molecule has 32 heavy (non-hydrogen) atoms. The zero-order chi connectivity index (χ0) is 22.5. The molecule has 1 aliphatic carbocycles. The summed E-state index contributed by atoms with van der Waals surface area (Å²) in [6.45, 7) is 3.89. The van der Waals surface area contributed by atoms with Gasteiger partial charge in [-0.25, -0.2) is 14.1 Å². The van der Waals surface area contributed by atoms with Crippen LogP contribution in [0.15, 0.2) is 24.4 Å². The van der Waals surface area contributed by atoms with Gasteiger partial charge in [-0.3, -0.25) is 4.79 Å². The molecule has 0 spiro atoms. The van der Waals surface area contributed by atoms with Crippen molar-refractivity contribution in [2.75, 3.05) is 12.1 Å². The molecule has 0 bridgehead atoms. The van der Waals surface area contributed by atoms with Crippen LogP contribution < -0.4 is 14.8 Å². The van der Waals surface area contributed by atoms with Crippen LogP contribution in [0.3, 0.4) is 0 Å². The highest BCUT2D eigenvalue weighted by molar-refractivity contribution is 6.01. The van der Waals surface area contributed by atoms with E-state index in [4.69, 9.17) is 9.47 Å². The molecule has 2 aliphatic rings. The maximum absolute atomic E-state index is 14.4. The molecule has 9 heteroatoms. The molecule has 5 rings (SSSR count). The zero-order valence-corrected chi connectivity index (χ0v) is 18.0. The molecule has 1 fully saturated rings. The Bertz CT molecular complexity index is 1200. The Kier molecular flexibility index (Phi) is 5.00. The smallest absolute Gasteiger partial charge is 0.231 e. The van der Waals surface area contributed by atoms with E-state index in [0.717, 1.165) is 19.3 Å². The van der Waals surface area contributed by atoms with Crippen LogP contribution >= 0.6 is 0 Å². The van der Waals surface area contributed by atoms with Crippen molar-refractivity contribution in [3.8, 4) is 22.6 Å². The van der Waals surface area contributed by atoms with Crippen molar-refractivity contribution in [3.05, 3.63) is 30.2 Å². The van der Waals surface area contributed by atoms with Crippen LogP contribution in [-0.4, -0.2) is 38.2 Å². The van der Waals surface area contributed by atoms with Crippen molar-refractivity contribution in [1.29, 1.82) is 0 Å². The van der Waals surface area contributed by atoms with Gasteiger partial charge < -0.3 is 19.9 Å². The normalized spacial score (nSPS) is 15.8. The molecule has 0 atom stereocenters. The maximum Gasteiger partial charge on any atom is 0.231 e. The van der Waals surface area contributed by atoms with E-state index < -0.39 is 11.4 Å². The lowest BCUT2D eigenvalue weighted by atomic mass is 9.85. The molecule has 8 nitrogen and oxygen atoms in total. The fraction of sp³-hybridized carbons (Fsp3) is 0.435. The molecular weight excluding hydrogens is 415 g/mol. The summed E-state index contributed by atoms with van der Waals surface area (Å²) in [6.07, 6.45) is 4.92. The average molecular weight is 440 g/mol. The molecule has 0 saturated heterocycles. The van der Waals surface area contributed by atoms with Crippen LogP contribution in [0.5, 0.6) is 11.5 Å². The standard InChI is InChI=1S/C23H25FN4O4/c1-23(2,30)6-7-28-21-16(20(27-28)26-22(29)13-4-3-5-13)8-15(11-25-21)14-9-17(24)19-18(10-14)31-12-32-19/h8-11,13,30H,3-7,12H2,1-2H3,(H,26,27,29). The maximum atomic E-state index is 14.4. The van der Waals surface area contributed by atoms with E-state index in [1.807, 2.05) is 6.07 Å². The predicted molar refractivity (Wildman–Crippen MR) is 116 cm³/mol. The first-order chi connectivity index (χ1) is 15.3. The number of hydrogen-bond acceptors (Lipinski definition) is 6. The van der Waals surface area contributed by atoms with Gasteiger partial charge in [0.1, 0.15) is 0 Å². The van der Waals surface area contributed by atoms with E-state index in [1.165, 1.54) is 6.07 Å². The van der Waals surface area contributed by atoms with E-state index in [9.17, 15) is 14.3 Å². The second-order valence-corrected chi connectivity index (χ2v) is 9.04. The molecular formula is C23H25FN4O4. The number of hydrogen-bond donors (Lipinski definition) is 2. The lowest BCUT2D eigenvalue weighted by molar-refractivity contribution is -0.122. The summed E-state index contributed by atoms with van der Waals surface area (Å²) in [5.74, 6) is 0.323. The molecule has 1 aromatic carbocycles. The Balaban J connectivity index is 1.54. The molecule has 3 heterocycles. The third-order valence-electron chi connectivity index (χ3n) is 6.00. The molecule has 3 aromatic rings. The summed E-state index contributed by atoms with van der Waals surface area (Å²) >= 11 is 0. The lowest BCUT2D eigenvalue weighted by Gasteiger charge is -2.23. The van der Waals surface area contributed by atoms with Gasteiger partial charge in [0.05, 0.1) is 11.0 Å². The van der Waals surface area contributed by atoms with Crippen molar-refractivity contribution in [1.82, 2.24) is 14.8 Å². The summed E-state index contributed by atoms with van der Waals surface area (Å²) in [7, 11) is 0. The van der Waals surface area contributed by atoms with Gasteiger partial charge in [0.15, 0.2) is 23.0 Å². The number of anilines is 1. The Hall–Kier alpha value is -3.20. The second-order valence-electron chi connectivity index (χ2n) is 9.04. The minimum absolute atomic E-state index is 0.00525. The number of benzene rings is 1. The number of rotatable bonds is 6. The Morgan fingerprint density at radius 1 is 1.28 bits per heavy atom. The number of nitrogens with one attached hydrogen (secondary N) is 1. The number of ether oxygens (including phenoxy) is 2. The molecule has 1 saturated carbocycles. The minimum Gasteiger partial charge on any atom is -0.453 e. The zero-order valence-electron chi connectivity index (χ0n) is 18.0. The van der Waals surface area contributed by atoms with Crippen molar-refractivity contribution in [2.24, 2.45) is 5.92 Å². The number of fused-ring (bicyclic) bond motifs is 2. The highest BCUT2D eigenvalue weighted by Gasteiger charge is 2.27. The average Bonchev–Trinajstić information content (AvgIpc) is 3.29. The number of halogens is 1. The van der Waals surface area contributed by atoms with E-state index in [2.05, 4.69) is 15.4 Å². The number of carbonyl (C=O) groups is 1. The van der Waals surface area contributed by atoms with Crippen LogP contribution in [0.25, 0.3) is 22.2 Å². The van der Waals surface area contributed by atoms with Gasteiger partial charge in [0.25, 0.3) is 0 Å². The van der Waals surface area contributed by atoms with E-state index in [0.29, 0.717) is 46.7 Å². The van der Waals surface area contributed by atoms with Crippen LogP contribution in [-0.2, 0) is 11.3 Å². The Morgan fingerprint density at radius 3 is 2.81 bits per heavy atom. The van der Waals surface area contributed by atoms with Gasteiger partial charge in [-0.2, -0.15) is 5.10 Å². The first kappa shape index (κ1) is 20.7. The molecule has 1 amide bonds. The molecule has 0 radical (unpaired) electrons. The number of aliphatic hydroxyl groups is 1. The third-order valence-corrected chi connectivity index (χ3v) is 6.00. The summed E-state index contributed by atoms with van der Waals surface area (Å²) in [6, 6.07) is 4.92. The SMILES string of the molecule is CC(C)(O)CCn1nc(NC(=O)C2CCC2)c2cc(-c3cc(F)c4c(c3)OCO4)cnc21. The first-order valence-electron chi connectivity index (χ1n) is 10.8. The predicted octanol–water partition coefficient (Wildman–Crippen LogP) is 3.87. The fourth-order valence-corrected chi connectivity index (χ4v) is 3.87. The quantitative estimate of drug-likeness (QED) is 0.604. The van der Waals surface area contributed by atoms with E-state index >= 15 is 0 Å². The first-order valence-corrected chi connectivity index (χ1v) is 10.8. The van der Waals surface area contributed by atoms with Gasteiger partial charge in [-0.15, -0.1) is 0 Å². The van der Waals surface area contributed by atoms with Crippen LogP contribution in [0.4, 0.5) is 10.2 Å². The molecule has 0 unspecified atom stereocenters. The summed E-state index contributed by atoms with van der Waals surface area (Å²) in [4.78, 5) is 17.2. The monoisotopic (exact) mass is 440 g/mol. The Morgan fingerprint density at radius 2 is 2.09 bits per heavy atom. The topological polar surface area (TPSA) is 98.5 Å². The van der Waals surface area contributed by atoms with Crippen molar-refractivity contribution in [2.45, 2.75) is 51.7 Å². The largest absolute Gasteiger partial charge is 0.453 e. The van der Waals surface area contributed by atoms with Gasteiger partial charge in [0, 0.05) is 24.2 Å². The highest BCUT2D eigenvalue weighted by atomic mass is 19.1. The number of pyridine rings is 1. The van der Waals surface area contributed by atoms with Gasteiger partial charge in [-0.1, -0.05) is 6.42 Å². The highest BCUT2D eigenvalue weighted by Crippen LogP contribution is 2.39. The molecule has 2 N–H and O–H groups in total. The fourth-order valence-electron chi connectivity index (χ4n) is 3.87. The summed E-state index contributed by atoms with van der Waals surface area (Å²) < 4.78 is 26.6. The lowest BCUT2D eigenvalue weighted by Crippen LogP contribution is -2.28. The van der Waals surface area contributed by atoms with Crippen molar-refractivity contribution in [3.63, 3.8) is 0 Å². The van der Waals surface area contributed by atoms with Gasteiger partial charge in [-0.05, 0) is 56.9 Å². The van der Waals surface area contributed by atoms with Crippen LogP contribution in [0, 0.1) is 11.7 Å². The minimum atomic E-state index is -0.864. The molecule has 1 aliphatic heterocycles. The number of nitrogens with zero attached hydrogens (tertiary/aromatic N) is 3. The number of amides is 1. The summed E-state index contributed by atoms with van der Waals surface area (Å²) in [5.41, 5.74) is 0.970. The summed E-state index contributed by atoms with van der Waals surface area (Å²) in [5, 5.41) is 18.3. The van der Waals surface area contributed by atoms with Crippen LogP contribution in [0.2, 0.25) is 0 Å². The van der Waals surface area contributed by atoms with Crippen molar-refractivity contribution >= 4 is 22.8 Å². The van der Waals surface area contributed by atoms with Crippen LogP contribution in [0.1, 0.15) is 39.5 Å². The van der Waals surface area contributed by atoms with E-state index in [1.54, 1.807) is 30.8 Å². The second kappa shape index (κ2) is 7.74.